The summed E-state index contributed by atoms with van der Waals surface area (Å²) in [5, 5.41) is 0. The van der Waals surface area contributed by atoms with Crippen LogP contribution in [0.5, 0.6) is 11.5 Å². The number of rotatable bonds is 7. The summed E-state index contributed by atoms with van der Waals surface area (Å²) in [6.07, 6.45) is 1.17. The summed E-state index contributed by atoms with van der Waals surface area (Å²) in [6.45, 7) is 2.80. The van der Waals surface area contributed by atoms with E-state index in [1.165, 1.54) is 5.56 Å². The van der Waals surface area contributed by atoms with Gasteiger partial charge in [-0.1, -0.05) is 36.4 Å². The Hall–Kier alpha value is -2.53. The van der Waals surface area contributed by atoms with E-state index < -0.39 is 0 Å². The third-order valence-corrected chi connectivity index (χ3v) is 4.23. The second kappa shape index (κ2) is 8.53. The first kappa shape index (κ1) is 17.3. The van der Waals surface area contributed by atoms with Crippen molar-refractivity contribution in [3.63, 3.8) is 0 Å². The minimum atomic E-state index is 0.0815. The molecule has 1 amide bonds. The number of nitrogens with zero attached hydrogens (tertiary/aromatic N) is 1. The lowest BCUT2D eigenvalue weighted by Crippen LogP contribution is -2.37. The first-order valence-electron chi connectivity index (χ1n) is 8.66. The van der Waals surface area contributed by atoms with Gasteiger partial charge >= 0.3 is 0 Å². The lowest BCUT2D eigenvalue weighted by atomic mass is 10.1. The van der Waals surface area contributed by atoms with Gasteiger partial charge in [0.2, 0.25) is 5.91 Å². The van der Waals surface area contributed by atoms with E-state index >= 15 is 0 Å². The van der Waals surface area contributed by atoms with E-state index in [0.29, 0.717) is 45.0 Å². The Morgan fingerprint density at radius 1 is 0.960 bits per heavy atom. The van der Waals surface area contributed by atoms with Crippen molar-refractivity contribution in [2.24, 2.45) is 5.73 Å². The van der Waals surface area contributed by atoms with Gasteiger partial charge in [0, 0.05) is 19.6 Å². The summed E-state index contributed by atoms with van der Waals surface area (Å²) in [4.78, 5) is 14.5. The van der Waals surface area contributed by atoms with Gasteiger partial charge in [-0.25, -0.2) is 0 Å². The van der Waals surface area contributed by atoms with E-state index in [-0.39, 0.29) is 5.91 Å². The van der Waals surface area contributed by atoms with E-state index in [2.05, 4.69) is 12.1 Å². The number of nitrogens with two attached hydrogens (primary N) is 1. The van der Waals surface area contributed by atoms with E-state index in [1.807, 2.05) is 41.3 Å². The summed E-state index contributed by atoms with van der Waals surface area (Å²) in [5.74, 6) is 1.54. The number of hydrogen-bond acceptors (Lipinski definition) is 4. The zero-order chi connectivity index (χ0) is 17.5. The molecular weight excluding hydrogens is 316 g/mol. The van der Waals surface area contributed by atoms with Gasteiger partial charge in [-0.3, -0.25) is 4.79 Å². The average Bonchev–Trinajstić information content (AvgIpc) is 2.65. The molecule has 1 heterocycles. The van der Waals surface area contributed by atoms with E-state index in [4.69, 9.17) is 15.2 Å². The van der Waals surface area contributed by atoms with Crippen LogP contribution in [-0.2, 0) is 17.6 Å². The Balaban J connectivity index is 1.62. The highest BCUT2D eigenvalue weighted by Crippen LogP contribution is 2.30. The van der Waals surface area contributed by atoms with Crippen molar-refractivity contribution in [1.29, 1.82) is 0 Å². The topological polar surface area (TPSA) is 64.8 Å². The average molecular weight is 340 g/mol. The van der Waals surface area contributed by atoms with Crippen LogP contribution in [0.3, 0.4) is 0 Å². The molecule has 5 heteroatoms. The molecule has 0 radical (unpaired) electrons. The van der Waals surface area contributed by atoms with E-state index in [0.717, 1.165) is 17.7 Å². The highest BCUT2D eigenvalue weighted by atomic mass is 16.6. The molecule has 1 aliphatic rings. The van der Waals surface area contributed by atoms with Crippen molar-refractivity contribution in [2.75, 3.05) is 32.8 Å². The fourth-order valence-electron chi connectivity index (χ4n) is 2.91. The van der Waals surface area contributed by atoms with Crippen molar-refractivity contribution >= 4 is 5.91 Å². The molecule has 0 saturated heterocycles. The molecule has 0 aromatic heterocycles. The van der Waals surface area contributed by atoms with Crippen molar-refractivity contribution in [1.82, 2.24) is 4.90 Å². The number of amides is 1. The van der Waals surface area contributed by atoms with Crippen LogP contribution in [0.4, 0.5) is 0 Å². The zero-order valence-corrected chi connectivity index (χ0v) is 14.3. The van der Waals surface area contributed by atoms with Gasteiger partial charge in [0.25, 0.3) is 0 Å². The molecule has 0 aliphatic carbocycles. The minimum Gasteiger partial charge on any atom is -0.486 e. The number of fused-ring (bicyclic) bond motifs is 1. The Morgan fingerprint density at radius 3 is 2.48 bits per heavy atom. The molecule has 0 spiro atoms. The second-order valence-electron chi connectivity index (χ2n) is 6.06. The fraction of sp³-hybridized carbons (Fsp3) is 0.350. The smallest absolute Gasteiger partial charge is 0.227 e. The number of hydrogen-bond donors (Lipinski definition) is 1. The Kier molecular flexibility index (Phi) is 5.90. The maximum atomic E-state index is 12.7. The second-order valence-corrected chi connectivity index (χ2v) is 6.06. The van der Waals surface area contributed by atoms with Crippen LogP contribution in [0.1, 0.15) is 11.1 Å². The van der Waals surface area contributed by atoms with E-state index in [1.54, 1.807) is 0 Å². The van der Waals surface area contributed by atoms with Crippen LogP contribution in [0.2, 0.25) is 0 Å². The van der Waals surface area contributed by atoms with Gasteiger partial charge in [0.05, 0.1) is 6.42 Å². The molecular formula is C20H24N2O3. The maximum absolute atomic E-state index is 12.7. The van der Waals surface area contributed by atoms with Crippen LogP contribution in [0.25, 0.3) is 0 Å². The Bertz CT molecular complexity index is 703. The summed E-state index contributed by atoms with van der Waals surface area (Å²) < 4.78 is 11.1. The van der Waals surface area contributed by atoms with Gasteiger partial charge in [0.15, 0.2) is 11.5 Å². The van der Waals surface area contributed by atoms with Gasteiger partial charge in [-0.15, -0.1) is 0 Å². The highest BCUT2D eigenvalue weighted by Gasteiger charge is 2.16. The van der Waals surface area contributed by atoms with Crippen molar-refractivity contribution in [3.8, 4) is 11.5 Å². The molecule has 0 atom stereocenters. The lowest BCUT2D eigenvalue weighted by Gasteiger charge is -2.23. The molecule has 0 bridgehead atoms. The molecule has 2 N–H and O–H groups in total. The van der Waals surface area contributed by atoms with E-state index in [9.17, 15) is 4.79 Å². The molecule has 3 rings (SSSR count). The third-order valence-electron chi connectivity index (χ3n) is 4.23. The van der Waals surface area contributed by atoms with Crippen molar-refractivity contribution in [2.45, 2.75) is 12.8 Å². The highest BCUT2D eigenvalue weighted by molar-refractivity contribution is 5.79. The SMILES string of the molecule is NCCN(CCc1ccccc1)C(=O)Cc1ccc2c(c1)OCCO2. The fourth-order valence-corrected chi connectivity index (χ4v) is 2.91. The first-order valence-corrected chi connectivity index (χ1v) is 8.66. The first-order chi connectivity index (χ1) is 12.3. The molecule has 25 heavy (non-hydrogen) atoms. The Morgan fingerprint density at radius 2 is 1.72 bits per heavy atom. The summed E-state index contributed by atoms with van der Waals surface area (Å²) in [5.41, 5.74) is 7.84. The molecule has 0 fully saturated rings. The molecule has 5 nitrogen and oxygen atoms in total. The standard InChI is InChI=1S/C20H24N2O3/c21-9-11-22(10-8-16-4-2-1-3-5-16)20(23)15-17-6-7-18-19(14-17)25-13-12-24-18/h1-7,14H,8-13,15,21H2. The van der Waals surface area contributed by atoms with Crippen LogP contribution in [-0.4, -0.2) is 43.7 Å². The monoisotopic (exact) mass is 340 g/mol. The molecule has 0 saturated carbocycles. The van der Waals surface area contributed by atoms with Crippen LogP contribution >= 0.6 is 0 Å². The van der Waals surface area contributed by atoms with Crippen LogP contribution in [0, 0.1) is 0 Å². The largest absolute Gasteiger partial charge is 0.486 e. The maximum Gasteiger partial charge on any atom is 0.227 e. The van der Waals surface area contributed by atoms with Crippen molar-refractivity contribution < 1.29 is 14.3 Å². The minimum absolute atomic E-state index is 0.0815. The number of carbonyl (C=O) groups excluding carboxylic acids is 1. The third kappa shape index (κ3) is 4.73. The quantitative estimate of drug-likeness (QED) is 0.838. The number of ether oxygens (including phenoxy) is 2. The molecule has 0 unspecified atom stereocenters. The summed E-state index contributed by atoms with van der Waals surface area (Å²) in [7, 11) is 0. The van der Waals surface area contributed by atoms with Gasteiger partial charge in [-0.05, 0) is 29.7 Å². The number of benzene rings is 2. The van der Waals surface area contributed by atoms with Crippen LogP contribution in [0.15, 0.2) is 48.5 Å². The Labute approximate surface area is 148 Å². The van der Waals surface area contributed by atoms with Crippen LogP contribution < -0.4 is 15.2 Å². The predicted molar refractivity (Wildman–Crippen MR) is 96.9 cm³/mol. The normalized spacial score (nSPS) is 12.7. The molecule has 2 aromatic rings. The lowest BCUT2D eigenvalue weighted by molar-refractivity contribution is -0.130. The zero-order valence-electron chi connectivity index (χ0n) is 14.3. The number of carbonyl (C=O) groups is 1. The molecule has 132 valence electrons. The summed E-state index contributed by atoms with van der Waals surface area (Å²) in [6, 6.07) is 15.9. The predicted octanol–water partition coefficient (Wildman–Crippen LogP) is 2.03. The molecule has 1 aliphatic heterocycles. The van der Waals surface area contributed by atoms with Gasteiger partial charge in [-0.2, -0.15) is 0 Å². The van der Waals surface area contributed by atoms with Gasteiger partial charge in [0.1, 0.15) is 13.2 Å². The van der Waals surface area contributed by atoms with Gasteiger partial charge < -0.3 is 20.1 Å². The summed E-state index contributed by atoms with van der Waals surface area (Å²) >= 11 is 0. The van der Waals surface area contributed by atoms with Crippen molar-refractivity contribution in [3.05, 3.63) is 59.7 Å². The molecule has 2 aromatic carbocycles.